The van der Waals surface area contributed by atoms with Crippen molar-refractivity contribution in [3.63, 3.8) is 0 Å². The molecule has 1 aliphatic rings. The maximum absolute atomic E-state index is 12.4. The average molecular weight is 408 g/mol. The lowest BCUT2D eigenvalue weighted by Crippen LogP contribution is -2.29. The summed E-state index contributed by atoms with van der Waals surface area (Å²) in [6, 6.07) is 13.4. The second kappa shape index (κ2) is 7.80. The summed E-state index contributed by atoms with van der Waals surface area (Å²) in [5.41, 5.74) is 1.21. The maximum atomic E-state index is 12.4. The SMILES string of the molecule is CCOc1ccc(C(=O)Nc2nnc(CN3C(=O)c4ccccc4C3=O)s2)cc1. The van der Waals surface area contributed by atoms with Gasteiger partial charge in [-0.3, -0.25) is 24.6 Å². The monoisotopic (exact) mass is 408 g/mol. The molecule has 0 fully saturated rings. The first-order chi connectivity index (χ1) is 14.1. The Morgan fingerprint density at radius 2 is 1.69 bits per heavy atom. The molecule has 0 saturated carbocycles. The van der Waals surface area contributed by atoms with Gasteiger partial charge in [0.2, 0.25) is 5.13 Å². The van der Waals surface area contributed by atoms with Crippen molar-refractivity contribution in [1.82, 2.24) is 15.1 Å². The Hall–Kier alpha value is -3.59. The van der Waals surface area contributed by atoms with Gasteiger partial charge in [-0.25, -0.2) is 0 Å². The minimum Gasteiger partial charge on any atom is -0.494 e. The number of anilines is 1. The number of hydrogen-bond acceptors (Lipinski definition) is 7. The van der Waals surface area contributed by atoms with E-state index < -0.39 is 0 Å². The quantitative estimate of drug-likeness (QED) is 0.629. The number of carbonyl (C=O) groups is 3. The summed E-state index contributed by atoms with van der Waals surface area (Å²) in [5, 5.41) is 11.3. The van der Waals surface area contributed by atoms with Crippen LogP contribution >= 0.6 is 11.3 Å². The molecule has 3 aromatic rings. The van der Waals surface area contributed by atoms with Crippen molar-refractivity contribution in [2.75, 3.05) is 11.9 Å². The van der Waals surface area contributed by atoms with Crippen LogP contribution in [-0.4, -0.2) is 39.4 Å². The van der Waals surface area contributed by atoms with Gasteiger partial charge in [-0.15, -0.1) is 10.2 Å². The van der Waals surface area contributed by atoms with Crippen molar-refractivity contribution in [2.45, 2.75) is 13.5 Å². The number of ether oxygens (including phenoxy) is 1. The highest BCUT2D eigenvalue weighted by molar-refractivity contribution is 7.15. The van der Waals surface area contributed by atoms with Crippen molar-refractivity contribution in [3.05, 3.63) is 70.2 Å². The summed E-state index contributed by atoms with van der Waals surface area (Å²) in [6.45, 7) is 2.44. The lowest BCUT2D eigenvalue weighted by molar-refractivity contribution is 0.0641. The summed E-state index contributed by atoms with van der Waals surface area (Å²) < 4.78 is 5.35. The first-order valence-corrected chi connectivity index (χ1v) is 9.70. The van der Waals surface area contributed by atoms with Crippen molar-refractivity contribution in [1.29, 1.82) is 0 Å². The van der Waals surface area contributed by atoms with Gasteiger partial charge < -0.3 is 4.74 Å². The van der Waals surface area contributed by atoms with E-state index in [1.165, 1.54) is 0 Å². The molecule has 8 nitrogen and oxygen atoms in total. The molecular formula is C20H16N4O4S. The van der Waals surface area contributed by atoms with E-state index >= 15 is 0 Å². The van der Waals surface area contributed by atoms with Crippen LogP contribution in [0.2, 0.25) is 0 Å². The van der Waals surface area contributed by atoms with E-state index in [0.29, 0.717) is 34.1 Å². The van der Waals surface area contributed by atoms with Crippen LogP contribution in [0, 0.1) is 0 Å². The molecule has 2 aromatic carbocycles. The van der Waals surface area contributed by atoms with Gasteiger partial charge in [-0.2, -0.15) is 0 Å². The van der Waals surface area contributed by atoms with Gasteiger partial charge in [-0.1, -0.05) is 23.5 Å². The molecule has 0 aliphatic carbocycles. The van der Waals surface area contributed by atoms with Gasteiger partial charge in [0.25, 0.3) is 17.7 Å². The fourth-order valence-electron chi connectivity index (χ4n) is 2.92. The van der Waals surface area contributed by atoms with Gasteiger partial charge >= 0.3 is 0 Å². The molecule has 29 heavy (non-hydrogen) atoms. The largest absolute Gasteiger partial charge is 0.494 e. The number of aromatic nitrogens is 2. The topological polar surface area (TPSA) is 101 Å². The molecule has 146 valence electrons. The fraction of sp³-hybridized carbons (Fsp3) is 0.150. The summed E-state index contributed by atoms with van der Waals surface area (Å²) in [5.74, 6) is -0.374. The first-order valence-electron chi connectivity index (χ1n) is 8.88. The summed E-state index contributed by atoms with van der Waals surface area (Å²) in [4.78, 5) is 38.4. The molecule has 0 atom stereocenters. The van der Waals surface area contributed by atoms with Crippen LogP contribution in [0.4, 0.5) is 5.13 Å². The molecule has 0 bridgehead atoms. The number of imide groups is 1. The van der Waals surface area contributed by atoms with E-state index in [4.69, 9.17) is 4.74 Å². The zero-order valence-corrected chi connectivity index (χ0v) is 16.2. The predicted octanol–water partition coefficient (Wildman–Crippen LogP) is 2.99. The minimum absolute atomic E-state index is 0.00291. The Morgan fingerprint density at radius 3 is 2.31 bits per heavy atom. The molecule has 2 heterocycles. The lowest BCUT2D eigenvalue weighted by Gasteiger charge is -2.10. The summed E-state index contributed by atoms with van der Waals surface area (Å²) in [7, 11) is 0. The molecule has 9 heteroatoms. The number of nitrogens with zero attached hydrogens (tertiary/aromatic N) is 3. The molecule has 0 radical (unpaired) electrons. The third-order valence-electron chi connectivity index (χ3n) is 4.29. The molecule has 3 amide bonds. The zero-order chi connectivity index (χ0) is 20.4. The highest BCUT2D eigenvalue weighted by atomic mass is 32.1. The van der Waals surface area contributed by atoms with E-state index in [1.54, 1.807) is 48.5 Å². The van der Waals surface area contributed by atoms with Crippen molar-refractivity contribution < 1.29 is 19.1 Å². The average Bonchev–Trinajstić information content (AvgIpc) is 3.27. The molecule has 1 N–H and O–H groups in total. The van der Waals surface area contributed by atoms with Gasteiger partial charge in [-0.05, 0) is 43.3 Å². The molecule has 0 unspecified atom stereocenters. The van der Waals surface area contributed by atoms with Crippen LogP contribution in [0.25, 0.3) is 0 Å². The maximum Gasteiger partial charge on any atom is 0.261 e. The van der Waals surface area contributed by atoms with Gasteiger partial charge in [0.1, 0.15) is 10.8 Å². The second-order valence-electron chi connectivity index (χ2n) is 6.15. The van der Waals surface area contributed by atoms with E-state index in [1.807, 2.05) is 6.92 Å². The Bertz CT molecular complexity index is 1060. The lowest BCUT2D eigenvalue weighted by atomic mass is 10.1. The normalized spacial score (nSPS) is 12.8. The number of amides is 3. The highest BCUT2D eigenvalue weighted by Gasteiger charge is 2.35. The van der Waals surface area contributed by atoms with Crippen molar-refractivity contribution >= 4 is 34.2 Å². The van der Waals surface area contributed by atoms with Gasteiger partial charge in [0, 0.05) is 5.56 Å². The van der Waals surface area contributed by atoms with Gasteiger partial charge in [0.05, 0.1) is 24.3 Å². The highest BCUT2D eigenvalue weighted by Crippen LogP contribution is 2.26. The number of fused-ring (bicyclic) bond motifs is 1. The number of hydrogen-bond donors (Lipinski definition) is 1. The molecule has 0 saturated heterocycles. The van der Waals surface area contributed by atoms with E-state index in [2.05, 4.69) is 15.5 Å². The first kappa shape index (κ1) is 18.8. The molecule has 1 aliphatic heterocycles. The third-order valence-corrected chi connectivity index (χ3v) is 5.11. The Balaban J connectivity index is 1.42. The van der Waals surface area contributed by atoms with E-state index in [0.717, 1.165) is 16.2 Å². The molecule has 1 aromatic heterocycles. The Morgan fingerprint density at radius 1 is 1.03 bits per heavy atom. The van der Waals surface area contributed by atoms with Crippen molar-refractivity contribution in [3.8, 4) is 5.75 Å². The predicted molar refractivity (Wildman–Crippen MR) is 106 cm³/mol. The van der Waals surface area contributed by atoms with Crippen LogP contribution < -0.4 is 10.1 Å². The minimum atomic E-state index is -0.360. The number of nitrogens with one attached hydrogen (secondary N) is 1. The second-order valence-corrected chi connectivity index (χ2v) is 7.22. The third kappa shape index (κ3) is 3.72. The molecule has 4 rings (SSSR count). The molecular weight excluding hydrogens is 392 g/mol. The number of rotatable bonds is 6. The Labute approximate surface area is 170 Å². The van der Waals surface area contributed by atoms with Crippen LogP contribution in [0.5, 0.6) is 5.75 Å². The Kier molecular flexibility index (Phi) is 5.05. The van der Waals surface area contributed by atoms with Crippen molar-refractivity contribution in [2.24, 2.45) is 0 Å². The van der Waals surface area contributed by atoms with E-state index in [-0.39, 0.29) is 29.4 Å². The van der Waals surface area contributed by atoms with Crippen LogP contribution in [0.3, 0.4) is 0 Å². The summed E-state index contributed by atoms with van der Waals surface area (Å²) >= 11 is 1.11. The van der Waals surface area contributed by atoms with Gasteiger partial charge in [0.15, 0.2) is 0 Å². The van der Waals surface area contributed by atoms with Crippen LogP contribution in [-0.2, 0) is 6.54 Å². The number of carbonyl (C=O) groups excluding carboxylic acids is 3. The van der Waals surface area contributed by atoms with E-state index in [9.17, 15) is 14.4 Å². The number of benzene rings is 2. The zero-order valence-electron chi connectivity index (χ0n) is 15.4. The summed E-state index contributed by atoms with van der Waals surface area (Å²) in [6.07, 6.45) is 0. The molecule has 0 spiro atoms. The standard InChI is InChI=1S/C20H16N4O4S/c1-2-28-13-9-7-12(8-10-13)17(25)21-20-23-22-16(29-20)11-24-18(26)14-5-3-4-6-15(14)19(24)27/h3-10H,2,11H2,1H3,(H,21,23,25). The van der Waals surface area contributed by atoms with Crippen LogP contribution in [0.1, 0.15) is 43.0 Å². The van der Waals surface area contributed by atoms with Crippen LogP contribution in [0.15, 0.2) is 48.5 Å². The smallest absolute Gasteiger partial charge is 0.261 e. The fourth-order valence-corrected chi connectivity index (χ4v) is 3.65.